The van der Waals surface area contributed by atoms with Gasteiger partial charge in [0.05, 0.1) is 0 Å². The Hall–Kier alpha value is -3.35. The summed E-state index contributed by atoms with van der Waals surface area (Å²) in [7, 11) is 1.74. The van der Waals surface area contributed by atoms with E-state index >= 15 is 0 Å². The summed E-state index contributed by atoms with van der Waals surface area (Å²) in [6, 6.07) is 13.1. The summed E-state index contributed by atoms with van der Waals surface area (Å²) in [4.78, 5) is 12.0. The van der Waals surface area contributed by atoms with Crippen molar-refractivity contribution in [3.8, 4) is 11.4 Å². The van der Waals surface area contributed by atoms with Gasteiger partial charge in [0, 0.05) is 24.4 Å². The van der Waals surface area contributed by atoms with Crippen molar-refractivity contribution in [3.05, 3.63) is 66.0 Å². The maximum absolute atomic E-state index is 12.8. The summed E-state index contributed by atoms with van der Waals surface area (Å²) in [5.41, 5.74) is 2.16. The lowest BCUT2D eigenvalue weighted by atomic mass is 10.2. The van der Waals surface area contributed by atoms with E-state index in [0.29, 0.717) is 11.5 Å². The van der Waals surface area contributed by atoms with Gasteiger partial charge >= 0.3 is 0 Å². The topological polar surface area (TPSA) is 72.7 Å². The zero-order valence-corrected chi connectivity index (χ0v) is 12.8. The van der Waals surface area contributed by atoms with Crippen LogP contribution in [0, 0.1) is 5.82 Å². The van der Waals surface area contributed by atoms with Crippen LogP contribution < -0.4 is 5.32 Å². The third-order valence-electron chi connectivity index (χ3n) is 3.31. The fourth-order valence-electron chi connectivity index (χ4n) is 2.14. The van der Waals surface area contributed by atoms with Crippen LogP contribution in [0.2, 0.25) is 0 Å². The van der Waals surface area contributed by atoms with Crippen molar-refractivity contribution in [1.82, 2.24) is 20.2 Å². The Labute approximate surface area is 137 Å². The molecule has 0 radical (unpaired) electrons. The van der Waals surface area contributed by atoms with Crippen molar-refractivity contribution in [2.45, 2.75) is 0 Å². The molecular weight excluding hydrogens is 309 g/mol. The number of tetrazole rings is 1. The average Bonchev–Trinajstić information content (AvgIpc) is 3.01. The third kappa shape index (κ3) is 3.70. The number of carbonyl (C=O) groups excluding carboxylic acids is 1. The van der Waals surface area contributed by atoms with Crippen LogP contribution in [-0.4, -0.2) is 26.1 Å². The Morgan fingerprint density at radius 3 is 2.71 bits per heavy atom. The van der Waals surface area contributed by atoms with Gasteiger partial charge in [-0.05, 0) is 46.3 Å². The summed E-state index contributed by atoms with van der Waals surface area (Å²) in [6.07, 6.45) is 3.01. The van der Waals surface area contributed by atoms with Crippen LogP contribution in [0.4, 0.5) is 10.1 Å². The highest BCUT2D eigenvalue weighted by molar-refractivity contribution is 6.02. The second-order valence-corrected chi connectivity index (χ2v) is 5.08. The molecule has 0 spiro atoms. The molecule has 0 aliphatic heterocycles. The predicted molar refractivity (Wildman–Crippen MR) is 88.3 cm³/mol. The van der Waals surface area contributed by atoms with Gasteiger partial charge in [0.25, 0.3) is 0 Å². The largest absolute Gasteiger partial charge is 0.322 e. The molecule has 2 aromatic carbocycles. The van der Waals surface area contributed by atoms with Crippen molar-refractivity contribution >= 4 is 17.7 Å². The van der Waals surface area contributed by atoms with Gasteiger partial charge in [0.1, 0.15) is 5.82 Å². The Bertz CT molecular complexity index is 886. The first-order chi connectivity index (χ1) is 11.6. The van der Waals surface area contributed by atoms with Crippen LogP contribution in [0.15, 0.2) is 54.6 Å². The summed E-state index contributed by atoms with van der Waals surface area (Å²) in [5, 5.41) is 14.1. The van der Waals surface area contributed by atoms with Crippen molar-refractivity contribution < 1.29 is 9.18 Å². The van der Waals surface area contributed by atoms with E-state index in [1.165, 1.54) is 18.2 Å². The Morgan fingerprint density at radius 2 is 2.00 bits per heavy atom. The summed E-state index contributed by atoms with van der Waals surface area (Å²) in [6.45, 7) is 0. The third-order valence-corrected chi connectivity index (χ3v) is 3.31. The van der Waals surface area contributed by atoms with Gasteiger partial charge in [-0.3, -0.25) is 4.79 Å². The molecule has 24 heavy (non-hydrogen) atoms. The minimum Gasteiger partial charge on any atom is -0.322 e. The highest BCUT2D eigenvalue weighted by Gasteiger charge is 2.07. The Morgan fingerprint density at radius 1 is 1.21 bits per heavy atom. The number of carbonyl (C=O) groups is 1. The lowest BCUT2D eigenvalue weighted by molar-refractivity contribution is -0.111. The molecule has 1 N–H and O–H groups in total. The maximum Gasteiger partial charge on any atom is 0.248 e. The molecule has 7 heteroatoms. The first-order valence-electron chi connectivity index (χ1n) is 7.19. The molecule has 6 nitrogen and oxygen atoms in total. The van der Waals surface area contributed by atoms with Crippen molar-refractivity contribution in [3.63, 3.8) is 0 Å². The van der Waals surface area contributed by atoms with Gasteiger partial charge in [0.2, 0.25) is 5.91 Å². The number of rotatable bonds is 4. The molecule has 0 unspecified atom stereocenters. The average molecular weight is 323 g/mol. The smallest absolute Gasteiger partial charge is 0.248 e. The Balaban J connectivity index is 1.70. The highest BCUT2D eigenvalue weighted by Crippen LogP contribution is 2.19. The lowest BCUT2D eigenvalue weighted by Crippen LogP contribution is -2.07. The van der Waals surface area contributed by atoms with E-state index < -0.39 is 0 Å². The fraction of sp³-hybridized carbons (Fsp3) is 0.0588. The van der Waals surface area contributed by atoms with Crippen molar-refractivity contribution in [1.29, 1.82) is 0 Å². The van der Waals surface area contributed by atoms with Crippen LogP contribution in [0.5, 0.6) is 0 Å². The number of aromatic nitrogens is 4. The predicted octanol–water partition coefficient (Wildman–Crippen LogP) is 2.67. The van der Waals surface area contributed by atoms with E-state index in [9.17, 15) is 9.18 Å². The highest BCUT2D eigenvalue weighted by atomic mass is 19.1. The number of aryl methyl sites for hydroxylation is 1. The molecule has 1 aromatic heterocycles. The second kappa shape index (κ2) is 6.82. The number of hydrogen-bond acceptors (Lipinski definition) is 4. The van der Waals surface area contributed by atoms with Crippen LogP contribution in [0.1, 0.15) is 5.56 Å². The number of nitrogens with zero attached hydrogens (tertiary/aromatic N) is 4. The number of amides is 1. The van der Waals surface area contributed by atoms with Crippen LogP contribution in [0.25, 0.3) is 17.5 Å². The van der Waals surface area contributed by atoms with Crippen molar-refractivity contribution in [2.24, 2.45) is 7.05 Å². The fourth-order valence-corrected chi connectivity index (χ4v) is 2.14. The second-order valence-electron chi connectivity index (χ2n) is 5.08. The van der Waals surface area contributed by atoms with Crippen LogP contribution in [-0.2, 0) is 11.8 Å². The summed E-state index contributed by atoms with van der Waals surface area (Å²) >= 11 is 0. The minimum absolute atomic E-state index is 0.285. The molecule has 0 fully saturated rings. The molecule has 1 amide bonds. The number of nitrogens with one attached hydrogen (secondary N) is 1. The normalized spacial score (nSPS) is 10.9. The molecule has 0 saturated heterocycles. The van der Waals surface area contributed by atoms with E-state index in [0.717, 1.165) is 11.1 Å². The zero-order valence-electron chi connectivity index (χ0n) is 12.8. The van der Waals surface area contributed by atoms with Gasteiger partial charge in [-0.2, -0.15) is 0 Å². The lowest BCUT2D eigenvalue weighted by Gasteiger charge is -2.05. The SMILES string of the molecule is Cn1nnnc1-c1cccc(NC(=O)/C=C/c2ccc(F)cc2)c1. The van der Waals surface area contributed by atoms with Gasteiger partial charge in [0.15, 0.2) is 5.82 Å². The molecule has 0 atom stereocenters. The molecule has 0 aliphatic rings. The summed E-state index contributed by atoms with van der Waals surface area (Å²) in [5.74, 6) is 0.00667. The van der Waals surface area contributed by atoms with Crippen LogP contribution in [0.3, 0.4) is 0 Å². The molecule has 0 saturated carbocycles. The standard InChI is InChI=1S/C17H14FN5O/c1-23-17(20-21-22-23)13-3-2-4-15(11-13)19-16(24)10-7-12-5-8-14(18)9-6-12/h2-11H,1H3,(H,19,24)/b10-7+. The van der Waals surface area contributed by atoms with E-state index in [-0.39, 0.29) is 11.7 Å². The molecule has 3 aromatic rings. The first-order valence-corrected chi connectivity index (χ1v) is 7.19. The minimum atomic E-state index is -0.313. The zero-order chi connectivity index (χ0) is 16.9. The summed E-state index contributed by atoms with van der Waals surface area (Å²) < 4.78 is 14.4. The van der Waals surface area contributed by atoms with E-state index in [4.69, 9.17) is 0 Å². The first kappa shape index (κ1) is 15.5. The van der Waals surface area contributed by atoms with E-state index in [2.05, 4.69) is 20.8 Å². The van der Waals surface area contributed by atoms with E-state index in [1.54, 1.807) is 42.1 Å². The van der Waals surface area contributed by atoms with Gasteiger partial charge < -0.3 is 5.32 Å². The monoisotopic (exact) mass is 323 g/mol. The van der Waals surface area contributed by atoms with Gasteiger partial charge in [-0.25, -0.2) is 9.07 Å². The quantitative estimate of drug-likeness (QED) is 0.749. The molecular formula is C17H14FN5O. The molecule has 1 heterocycles. The molecule has 120 valence electrons. The molecule has 0 aliphatic carbocycles. The van der Waals surface area contributed by atoms with Gasteiger partial charge in [-0.1, -0.05) is 24.3 Å². The van der Waals surface area contributed by atoms with Crippen LogP contribution >= 0.6 is 0 Å². The van der Waals surface area contributed by atoms with Crippen molar-refractivity contribution in [2.75, 3.05) is 5.32 Å². The molecule has 0 bridgehead atoms. The van der Waals surface area contributed by atoms with Gasteiger partial charge in [-0.15, -0.1) is 5.10 Å². The molecule has 3 rings (SSSR count). The number of anilines is 1. The number of halogens is 1. The number of hydrogen-bond donors (Lipinski definition) is 1. The number of benzene rings is 2. The Kier molecular flexibility index (Phi) is 4.42. The maximum atomic E-state index is 12.8. The van der Waals surface area contributed by atoms with E-state index in [1.807, 2.05) is 12.1 Å².